The summed E-state index contributed by atoms with van der Waals surface area (Å²) in [5.74, 6) is -0.814. The number of phenolic OH excluding ortho intramolecular Hbond substituents is 1. The Hall–Kier alpha value is -0.630. The van der Waals surface area contributed by atoms with Crippen molar-refractivity contribution in [3.05, 3.63) is 29.6 Å². The Labute approximate surface area is 174 Å². The molecule has 1 aromatic rings. The van der Waals surface area contributed by atoms with Crippen LogP contribution in [0.15, 0.2) is 18.2 Å². The second-order valence-corrected chi connectivity index (χ2v) is 7.42. The Bertz CT molecular complexity index is 564. The minimum Gasteiger partial charge on any atom is -0.505 e. The minimum atomic E-state index is -0.555. The van der Waals surface area contributed by atoms with Gasteiger partial charge in [-0.25, -0.2) is 4.39 Å². The number of hydrogen-bond acceptors (Lipinski definition) is 5. The summed E-state index contributed by atoms with van der Waals surface area (Å²) in [5.41, 5.74) is 0.962. The van der Waals surface area contributed by atoms with E-state index in [-0.39, 0.29) is 30.6 Å². The fraction of sp³-hybridized carbons (Fsp3) is 0.684. The number of phenols is 1. The molecular formula is C19H32Cl2FN3O2. The van der Waals surface area contributed by atoms with E-state index in [1.54, 1.807) is 6.07 Å². The van der Waals surface area contributed by atoms with E-state index in [9.17, 15) is 9.50 Å². The van der Waals surface area contributed by atoms with Crippen molar-refractivity contribution in [1.29, 1.82) is 0 Å². The van der Waals surface area contributed by atoms with Crippen molar-refractivity contribution >= 4 is 24.8 Å². The zero-order chi connectivity index (χ0) is 17.8. The van der Waals surface area contributed by atoms with Crippen LogP contribution in [0, 0.1) is 5.82 Å². The Morgan fingerprint density at radius 2 is 1.52 bits per heavy atom. The van der Waals surface area contributed by atoms with Gasteiger partial charge in [0.25, 0.3) is 0 Å². The van der Waals surface area contributed by atoms with Crippen LogP contribution in [0.25, 0.3) is 0 Å². The summed E-state index contributed by atoms with van der Waals surface area (Å²) in [5, 5.41) is 9.49. The number of ether oxygens (including phenoxy) is 1. The number of aromatic hydroxyl groups is 1. The first-order valence-corrected chi connectivity index (χ1v) is 9.29. The standard InChI is InChI=1S/C19H30FN3O2.2ClH/c1-15-12-23(13-16(2)25-15)10-7-21-5-8-22(9-6-21)14-17-3-4-18(20)19(24)11-17;;/h3-4,11,15-16,24H,5-10,12-14H2,1-2H3;2*1H/t15-,16+;;. The average molecular weight is 424 g/mol. The molecule has 0 spiro atoms. The largest absolute Gasteiger partial charge is 0.505 e. The molecular weight excluding hydrogens is 392 g/mol. The topological polar surface area (TPSA) is 39.2 Å². The van der Waals surface area contributed by atoms with Gasteiger partial charge < -0.3 is 9.84 Å². The van der Waals surface area contributed by atoms with E-state index in [4.69, 9.17) is 4.74 Å². The highest BCUT2D eigenvalue weighted by atomic mass is 35.5. The highest BCUT2D eigenvalue weighted by Crippen LogP contribution is 2.18. The molecule has 3 rings (SSSR count). The first-order valence-electron chi connectivity index (χ1n) is 9.29. The van der Waals surface area contributed by atoms with Gasteiger partial charge in [-0.2, -0.15) is 0 Å². The molecule has 0 amide bonds. The molecule has 2 saturated heterocycles. The molecule has 8 heteroatoms. The summed E-state index contributed by atoms with van der Waals surface area (Å²) in [7, 11) is 0. The smallest absolute Gasteiger partial charge is 0.164 e. The minimum absolute atomic E-state index is 0. The van der Waals surface area contributed by atoms with Gasteiger partial charge in [0.15, 0.2) is 11.6 Å². The molecule has 1 N–H and O–H groups in total. The summed E-state index contributed by atoms with van der Waals surface area (Å²) < 4.78 is 18.9. The third-order valence-corrected chi connectivity index (χ3v) is 5.11. The van der Waals surface area contributed by atoms with Crippen LogP contribution in [-0.4, -0.2) is 84.4 Å². The number of benzene rings is 1. The SMILES string of the molecule is C[C@@H]1CN(CCN2CCN(Cc3ccc(F)c(O)c3)CC2)C[C@H](C)O1.Cl.Cl. The quantitative estimate of drug-likeness (QED) is 0.787. The second-order valence-electron chi connectivity index (χ2n) is 7.42. The van der Waals surface area contributed by atoms with Gasteiger partial charge in [0.05, 0.1) is 12.2 Å². The first kappa shape index (κ1) is 24.4. The summed E-state index contributed by atoms with van der Waals surface area (Å²) in [6.07, 6.45) is 0.653. The van der Waals surface area contributed by atoms with Crippen LogP contribution in [0.2, 0.25) is 0 Å². The Kier molecular flexibility index (Phi) is 10.3. The van der Waals surface area contributed by atoms with E-state index in [0.29, 0.717) is 12.2 Å². The zero-order valence-electron chi connectivity index (χ0n) is 16.1. The highest BCUT2D eigenvalue weighted by molar-refractivity contribution is 5.85. The van der Waals surface area contributed by atoms with Gasteiger partial charge in [-0.05, 0) is 31.5 Å². The molecule has 0 bridgehead atoms. The van der Waals surface area contributed by atoms with E-state index in [1.807, 2.05) is 0 Å². The molecule has 2 atom stereocenters. The molecule has 0 aliphatic carbocycles. The van der Waals surface area contributed by atoms with E-state index < -0.39 is 5.82 Å². The lowest BCUT2D eigenvalue weighted by Gasteiger charge is -2.38. The third-order valence-electron chi connectivity index (χ3n) is 5.11. The van der Waals surface area contributed by atoms with Gasteiger partial charge in [0.1, 0.15) is 0 Å². The molecule has 1 aromatic carbocycles. The van der Waals surface area contributed by atoms with Crippen molar-refractivity contribution in [3.8, 4) is 5.75 Å². The maximum atomic E-state index is 13.1. The summed E-state index contributed by atoms with van der Waals surface area (Å²) >= 11 is 0. The number of piperazine rings is 1. The van der Waals surface area contributed by atoms with Crippen LogP contribution < -0.4 is 0 Å². The zero-order valence-corrected chi connectivity index (χ0v) is 17.8. The number of morpholine rings is 1. The summed E-state index contributed by atoms with van der Waals surface area (Å²) in [4.78, 5) is 7.39. The molecule has 2 aliphatic rings. The van der Waals surface area contributed by atoms with Gasteiger partial charge in [0.2, 0.25) is 0 Å². The number of rotatable bonds is 5. The van der Waals surface area contributed by atoms with Crippen molar-refractivity contribution < 1.29 is 14.2 Å². The predicted octanol–water partition coefficient (Wildman–Crippen LogP) is 2.60. The van der Waals surface area contributed by atoms with Crippen LogP contribution in [0.5, 0.6) is 5.75 Å². The first-order chi connectivity index (χ1) is 12.0. The molecule has 2 fully saturated rings. The molecule has 156 valence electrons. The second kappa shape index (κ2) is 11.4. The fourth-order valence-corrected chi connectivity index (χ4v) is 3.84. The molecule has 0 radical (unpaired) electrons. The average Bonchev–Trinajstić information content (AvgIpc) is 2.57. The maximum absolute atomic E-state index is 13.1. The van der Waals surface area contributed by atoms with Gasteiger partial charge in [-0.1, -0.05) is 6.07 Å². The lowest BCUT2D eigenvalue weighted by Crippen LogP contribution is -2.51. The van der Waals surface area contributed by atoms with Gasteiger partial charge in [-0.15, -0.1) is 24.8 Å². The van der Waals surface area contributed by atoms with E-state index in [2.05, 4.69) is 28.5 Å². The van der Waals surface area contributed by atoms with Gasteiger partial charge in [0, 0.05) is 58.9 Å². The number of halogens is 3. The van der Waals surface area contributed by atoms with Crippen molar-refractivity contribution in [2.45, 2.75) is 32.6 Å². The van der Waals surface area contributed by atoms with E-state index in [1.165, 1.54) is 12.1 Å². The van der Waals surface area contributed by atoms with Gasteiger partial charge >= 0.3 is 0 Å². The van der Waals surface area contributed by atoms with E-state index in [0.717, 1.165) is 64.5 Å². The monoisotopic (exact) mass is 423 g/mol. The molecule has 2 heterocycles. The summed E-state index contributed by atoms with van der Waals surface area (Å²) in [6, 6.07) is 4.62. The van der Waals surface area contributed by atoms with E-state index >= 15 is 0 Å². The molecule has 2 aliphatic heterocycles. The third kappa shape index (κ3) is 7.37. The van der Waals surface area contributed by atoms with Crippen molar-refractivity contribution in [2.24, 2.45) is 0 Å². The van der Waals surface area contributed by atoms with Crippen molar-refractivity contribution in [3.63, 3.8) is 0 Å². The Balaban J connectivity index is 0.00000182. The molecule has 0 saturated carbocycles. The molecule has 0 aromatic heterocycles. The Morgan fingerprint density at radius 3 is 2.11 bits per heavy atom. The van der Waals surface area contributed by atoms with Gasteiger partial charge in [-0.3, -0.25) is 14.7 Å². The van der Waals surface area contributed by atoms with Crippen molar-refractivity contribution in [1.82, 2.24) is 14.7 Å². The normalized spacial score (nSPS) is 24.9. The number of hydrogen-bond donors (Lipinski definition) is 1. The van der Waals surface area contributed by atoms with Crippen LogP contribution in [0.1, 0.15) is 19.4 Å². The lowest BCUT2D eigenvalue weighted by atomic mass is 10.1. The summed E-state index contributed by atoms with van der Waals surface area (Å²) in [6.45, 7) is 13.4. The predicted molar refractivity (Wildman–Crippen MR) is 111 cm³/mol. The molecule has 5 nitrogen and oxygen atoms in total. The molecule has 27 heavy (non-hydrogen) atoms. The number of nitrogens with zero attached hydrogens (tertiary/aromatic N) is 3. The van der Waals surface area contributed by atoms with Crippen LogP contribution >= 0.6 is 24.8 Å². The van der Waals surface area contributed by atoms with Crippen LogP contribution in [0.4, 0.5) is 4.39 Å². The lowest BCUT2D eigenvalue weighted by molar-refractivity contribution is -0.0699. The van der Waals surface area contributed by atoms with Crippen molar-refractivity contribution in [2.75, 3.05) is 52.4 Å². The van der Waals surface area contributed by atoms with Crippen LogP contribution in [-0.2, 0) is 11.3 Å². The molecule has 0 unspecified atom stereocenters. The van der Waals surface area contributed by atoms with Crippen LogP contribution in [0.3, 0.4) is 0 Å². The highest BCUT2D eigenvalue weighted by Gasteiger charge is 2.23. The fourth-order valence-electron chi connectivity index (χ4n) is 3.84. The Morgan fingerprint density at radius 1 is 0.963 bits per heavy atom. The maximum Gasteiger partial charge on any atom is 0.164 e.